The van der Waals surface area contributed by atoms with Gasteiger partial charge in [-0.05, 0) is 63.2 Å². The lowest BCUT2D eigenvalue weighted by Gasteiger charge is -2.19. The first-order valence-electron chi connectivity index (χ1n) is 11.7. The summed E-state index contributed by atoms with van der Waals surface area (Å²) in [6.45, 7) is 5.24. The smallest absolute Gasteiger partial charge is 0.413 e. The minimum absolute atomic E-state index is 0.0481. The van der Waals surface area contributed by atoms with Gasteiger partial charge in [-0.15, -0.1) is 0 Å². The number of rotatable bonds is 7. The van der Waals surface area contributed by atoms with Crippen LogP contribution in [0.2, 0.25) is 0 Å². The van der Waals surface area contributed by atoms with Crippen LogP contribution in [0.1, 0.15) is 31.1 Å². The molecule has 2 aromatic heterocycles. The Morgan fingerprint density at radius 1 is 0.842 bits per heavy atom. The fourth-order valence-electron chi connectivity index (χ4n) is 3.28. The summed E-state index contributed by atoms with van der Waals surface area (Å²) in [7, 11) is 0. The van der Waals surface area contributed by atoms with Crippen molar-refractivity contribution in [3.05, 3.63) is 96.6 Å². The van der Waals surface area contributed by atoms with Crippen LogP contribution in [0.3, 0.4) is 0 Å². The van der Waals surface area contributed by atoms with E-state index in [4.69, 9.17) is 9.47 Å². The van der Waals surface area contributed by atoms with Gasteiger partial charge in [-0.25, -0.2) is 19.2 Å². The maximum Gasteiger partial charge on any atom is 0.413 e. The van der Waals surface area contributed by atoms with Gasteiger partial charge in [-0.1, -0.05) is 18.2 Å². The number of carbonyl (C=O) groups excluding carboxylic acids is 2. The van der Waals surface area contributed by atoms with Crippen LogP contribution in [-0.2, 0) is 4.74 Å². The molecule has 0 spiro atoms. The lowest BCUT2D eigenvalue weighted by atomic mass is 10.2. The second-order valence-electron chi connectivity index (χ2n) is 9.10. The van der Waals surface area contributed by atoms with E-state index in [2.05, 4.69) is 25.9 Å². The lowest BCUT2D eigenvalue weighted by Crippen LogP contribution is -2.27. The second kappa shape index (κ2) is 11.4. The number of ether oxygens (including phenoxy) is 2. The molecule has 4 rings (SSSR count). The van der Waals surface area contributed by atoms with E-state index in [1.54, 1.807) is 51.1 Å². The highest BCUT2D eigenvalue weighted by Gasteiger charge is 2.17. The predicted octanol–water partition coefficient (Wildman–Crippen LogP) is 6.75. The van der Waals surface area contributed by atoms with Gasteiger partial charge in [0.2, 0.25) is 0 Å². The molecule has 2 aromatic carbocycles. The summed E-state index contributed by atoms with van der Waals surface area (Å²) in [6.07, 6.45) is 2.27. The number of aromatic nitrogens is 2. The zero-order valence-corrected chi connectivity index (χ0v) is 21.0. The minimum atomic E-state index is -0.671. The third-order valence-corrected chi connectivity index (χ3v) is 4.87. The summed E-state index contributed by atoms with van der Waals surface area (Å²) in [5.74, 6) is -0.350. The van der Waals surface area contributed by atoms with Crippen molar-refractivity contribution in [1.29, 1.82) is 0 Å². The molecule has 4 aromatic rings. The molecule has 0 bridgehead atoms. The third-order valence-electron chi connectivity index (χ3n) is 4.87. The van der Waals surface area contributed by atoms with Crippen molar-refractivity contribution < 1.29 is 23.5 Å². The van der Waals surface area contributed by atoms with E-state index in [9.17, 15) is 14.0 Å². The summed E-state index contributed by atoms with van der Waals surface area (Å²) < 4.78 is 25.8. The van der Waals surface area contributed by atoms with E-state index in [1.807, 2.05) is 18.2 Å². The molecule has 2 heterocycles. The number of benzene rings is 2. The minimum Gasteiger partial charge on any atom is -0.454 e. The van der Waals surface area contributed by atoms with E-state index < -0.39 is 17.5 Å². The van der Waals surface area contributed by atoms with E-state index in [1.165, 1.54) is 36.7 Å². The van der Waals surface area contributed by atoms with Crippen LogP contribution in [0.4, 0.5) is 32.2 Å². The quantitative estimate of drug-likeness (QED) is 0.249. The highest BCUT2D eigenvalue weighted by atomic mass is 19.1. The first-order chi connectivity index (χ1) is 18.2. The average molecular weight is 516 g/mol. The average Bonchev–Trinajstić information content (AvgIpc) is 2.86. The van der Waals surface area contributed by atoms with E-state index in [0.29, 0.717) is 16.9 Å². The first kappa shape index (κ1) is 26.1. The van der Waals surface area contributed by atoms with Crippen molar-refractivity contribution in [2.24, 2.45) is 0 Å². The van der Waals surface area contributed by atoms with Crippen molar-refractivity contribution in [2.75, 3.05) is 16.0 Å². The summed E-state index contributed by atoms with van der Waals surface area (Å²) in [4.78, 5) is 33.1. The molecular weight excluding hydrogens is 489 g/mol. The number of carbonyl (C=O) groups is 2. The van der Waals surface area contributed by atoms with Gasteiger partial charge in [0.25, 0.3) is 5.91 Å². The summed E-state index contributed by atoms with van der Waals surface area (Å²) in [6, 6.07) is 19.5. The number of para-hydroxylation sites is 1. The molecule has 0 unspecified atom stereocenters. The Morgan fingerprint density at radius 2 is 1.63 bits per heavy atom. The van der Waals surface area contributed by atoms with Crippen LogP contribution in [-0.4, -0.2) is 27.6 Å². The zero-order chi connectivity index (χ0) is 27.1. The SMILES string of the molecule is CC(C)(C)OC(=O)Nc1cc(Oc2ccc(Nc3ncccc3C(=O)Nc3ccccc3)cc2F)ccn1. The molecule has 38 heavy (non-hydrogen) atoms. The predicted molar refractivity (Wildman–Crippen MR) is 142 cm³/mol. The molecule has 9 nitrogen and oxygen atoms in total. The van der Waals surface area contributed by atoms with Gasteiger partial charge >= 0.3 is 6.09 Å². The Hall–Kier alpha value is -4.99. The summed E-state index contributed by atoms with van der Waals surface area (Å²) in [5.41, 5.74) is 0.627. The van der Waals surface area contributed by atoms with Gasteiger partial charge in [-0.3, -0.25) is 10.1 Å². The Morgan fingerprint density at radius 3 is 2.37 bits per heavy atom. The number of halogens is 1. The fraction of sp³-hybridized carbons (Fsp3) is 0.143. The van der Waals surface area contributed by atoms with Crippen LogP contribution in [0.25, 0.3) is 0 Å². The van der Waals surface area contributed by atoms with Gasteiger partial charge in [0.15, 0.2) is 11.6 Å². The largest absolute Gasteiger partial charge is 0.454 e. The van der Waals surface area contributed by atoms with Gasteiger partial charge in [-0.2, -0.15) is 0 Å². The number of hydrogen-bond donors (Lipinski definition) is 3. The Labute approximate surface area is 219 Å². The van der Waals surface area contributed by atoms with Crippen LogP contribution in [0.15, 0.2) is 85.2 Å². The Balaban J connectivity index is 1.44. The lowest BCUT2D eigenvalue weighted by molar-refractivity contribution is 0.0635. The van der Waals surface area contributed by atoms with Crippen molar-refractivity contribution >= 4 is 35.0 Å². The van der Waals surface area contributed by atoms with E-state index in [0.717, 1.165) is 0 Å². The van der Waals surface area contributed by atoms with Crippen molar-refractivity contribution in [1.82, 2.24) is 9.97 Å². The topological polar surface area (TPSA) is 114 Å². The van der Waals surface area contributed by atoms with Crippen LogP contribution >= 0.6 is 0 Å². The molecular formula is C28H26FN5O4. The highest BCUT2D eigenvalue weighted by molar-refractivity contribution is 6.07. The highest BCUT2D eigenvalue weighted by Crippen LogP contribution is 2.29. The molecule has 2 amide bonds. The first-order valence-corrected chi connectivity index (χ1v) is 11.7. The third kappa shape index (κ3) is 7.26. The van der Waals surface area contributed by atoms with Gasteiger partial charge in [0, 0.05) is 35.9 Å². The maximum absolute atomic E-state index is 14.9. The molecule has 10 heteroatoms. The molecule has 3 N–H and O–H groups in total. The normalized spacial score (nSPS) is 10.8. The molecule has 0 aliphatic carbocycles. The molecule has 0 radical (unpaired) electrons. The Kier molecular flexibility index (Phi) is 7.81. The van der Waals surface area contributed by atoms with E-state index >= 15 is 0 Å². The van der Waals surface area contributed by atoms with Crippen LogP contribution in [0, 0.1) is 5.82 Å². The molecule has 0 aliphatic rings. The van der Waals surface area contributed by atoms with Gasteiger partial charge < -0.3 is 20.1 Å². The number of hydrogen-bond acceptors (Lipinski definition) is 7. The number of amides is 2. The number of pyridine rings is 2. The van der Waals surface area contributed by atoms with Crippen molar-refractivity contribution in [3.8, 4) is 11.5 Å². The maximum atomic E-state index is 14.9. The monoisotopic (exact) mass is 515 g/mol. The van der Waals surface area contributed by atoms with Crippen molar-refractivity contribution in [2.45, 2.75) is 26.4 Å². The molecule has 194 valence electrons. The zero-order valence-electron chi connectivity index (χ0n) is 21.0. The van der Waals surface area contributed by atoms with Gasteiger partial charge in [0.05, 0.1) is 5.56 Å². The Bertz CT molecular complexity index is 1440. The van der Waals surface area contributed by atoms with Gasteiger partial charge in [0.1, 0.15) is 23.0 Å². The molecule has 0 aliphatic heterocycles. The van der Waals surface area contributed by atoms with Crippen molar-refractivity contribution in [3.63, 3.8) is 0 Å². The number of nitrogens with one attached hydrogen (secondary N) is 3. The molecule has 0 saturated heterocycles. The fourth-order valence-corrected chi connectivity index (χ4v) is 3.28. The van der Waals surface area contributed by atoms with Crippen LogP contribution < -0.4 is 20.7 Å². The second-order valence-corrected chi connectivity index (χ2v) is 9.10. The van der Waals surface area contributed by atoms with Crippen LogP contribution in [0.5, 0.6) is 11.5 Å². The molecule has 0 atom stereocenters. The summed E-state index contributed by atoms with van der Waals surface area (Å²) in [5, 5.41) is 8.30. The number of nitrogens with zero attached hydrogens (tertiary/aromatic N) is 2. The standard InChI is InChI=1S/C28H26FN5O4/c1-28(2,3)38-27(36)34-24-17-20(13-15-30-24)37-23-12-11-19(16-22(23)29)32-25-21(10-7-14-31-25)26(35)33-18-8-5-4-6-9-18/h4-17H,1-3H3,(H,31,32)(H,33,35)(H,30,34,36). The molecule has 0 saturated carbocycles. The molecule has 0 fully saturated rings. The number of anilines is 4. The summed E-state index contributed by atoms with van der Waals surface area (Å²) >= 11 is 0. The van der Waals surface area contributed by atoms with E-state index in [-0.39, 0.29) is 29.0 Å².